The number of allylic oxidation sites excluding steroid dienone is 1. The first-order chi connectivity index (χ1) is 9.54. The van der Waals surface area contributed by atoms with Gasteiger partial charge < -0.3 is 10.4 Å². The van der Waals surface area contributed by atoms with Crippen LogP contribution in [0.25, 0.3) is 0 Å². The van der Waals surface area contributed by atoms with Crippen LogP contribution in [0.1, 0.15) is 26.7 Å². The second-order valence-corrected chi connectivity index (χ2v) is 5.05. The molecule has 112 valence electrons. The summed E-state index contributed by atoms with van der Waals surface area (Å²) < 4.78 is 1.23. The third-order valence-electron chi connectivity index (χ3n) is 3.38. The summed E-state index contributed by atoms with van der Waals surface area (Å²) in [7, 11) is 0. The van der Waals surface area contributed by atoms with Gasteiger partial charge >= 0.3 is 0 Å². The summed E-state index contributed by atoms with van der Waals surface area (Å²) in [5.74, 6) is 0.232. The predicted octanol–water partition coefficient (Wildman–Crippen LogP) is 2.29. The molecule has 1 aromatic rings. The Hall–Kier alpha value is -1.33. The monoisotopic (exact) mass is 299 g/mol. The molecule has 0 amide bonds. The first-order valence-electron chi connectivity index (χ1n) is 6.83. The maximum atomic E-state index is 11.9. The number of nitrogens with one attached hydrogen (secondary N) is 1. The minimum Gasteiger partial charge on any atom is -0.391 e. The molecule has 0 saturated carbocycles. The molecule has 0 bridgehead atoms. The summed E-state index contributed by atoms with van der Waals surface area (Å²) in [4.78, 5) is 11.9. The first-order valence-corrected chi connectivity index (χ1v) is 7.21. The Morgan fingerprint density at radius 2 is 2.20 bits per heavy atom. The fourth-order valence-corrected chi connectivity index (χ4v) is 2.27. The third-order valence-corrected chi connectivity index (χ3v) is 3.75. The van der Waals surface area contributed by atoms with Gasteiger partial charge in [-0.1, -0.05) is 44.4 Å². The molecule has 0 aromatic carbocycles. The van der Waals surface area contributed by atoms with E-state index >= 15 is 0 Å². The van der Waals surface area contributed by atoms with Gasteiger partial charge in [-0.2, -0.15) is 5.10 Å². The lowest BCUT2D eigenvalue weighted by Crippen LogP contribution is -2.29. The SMILES string of the molecule is C=CCn1ncc(NCC(O)C(CC)CC)c(Cl)c1=O. The second kappa shape index (κ2) is 8.07. The molecule has 1 rings (SSSR count). The molecule has 20 heavy (non-hydrogen) atoms. The van der Waals surface area contributed by atoms with E-state index in [1.807, 2.05) is 13.8 Å². The Kier molecular flexibility index (Phi) is 6.75. The zero-order chi connectivity index (χ0) is 15.1. The summed E-state index contributed by atoms with van der Waals surface area (Å²) in [5.41, 5.74) is 0.0792. The number of rotatable bonds is 8. The van der Waals surface area contributed by atoms with Gasteiger partial charge in [0.2, 0.25) is 0 Å². The van der Waals surface area contributed by atoms with Crippen molar-refractivity contribution in [2.24, 2.45) is 5.92 Å². The van der Waals surface area contributed by atoms with Gasteiger partial charge in [0.25, 0.3) is 5.56 Å². The van der Waals surface area contributed by atoms with E-state index in [2.05, 4.69) is 17.0 Å². The summed E-state index contributed by atoms with van der Waals surface area (Å²) in [5, 5.41) is 17.1. The third kappa shape index (κ3) is 4.08. The molecule has 1 heterocycles. The van der Waals surface area contributed by atoms with Crippen molar-refractivity contribution in [3.63, 3.8) is 0 Å². The first kappa shape index (κ1) is 16.7. The van der Waals surface area contributed by atoms with Crippen LogP contribution >= 0.6 is 11.6 Å². The second-order valence-electron chi connectivity index (χ2n) is 4.67. The van der Waals surface area contributed by atoms with Crippen LogP contribution in [0.4, 0.5) is 5.69 Å². The highest BCUT2D eigenvalue weighted by Gasteiger charge is 2.16. The average molecular weight is 300 g/mol. The Morgan fingerprint density at radius 3 is 2.75 bits per heavy atom. The number of aliphatic hydroxyl groups excluding tert-OH is 1. The molecular weight excluding hydrogens is 278 g/mol. The molecule has 0 spiro atoms. The summed E-state index contributed by atoms with van der Waals surface area (Å²) >= 11 is 6.01. The number of halogens is 1. The van der Waals surface area contributed by atoms with Crippen LogP contribution in [0, 0.1) is 5.92 Å². The fourth-order valence-electron chi connectivity index (χ4n) is 2.05. The highest BCUT2D eigenvalue weighted by molar-refractivity contribution is 6.32. The van der Waals surface area contributed by atoms with E-state index in [1.165, 1.54) is 10.9 Å². The van der Waals surface area contributed by atoms with Crippen molar-refractivity contribution < 1.29 is 5.11 Å². The van der Waals surface area contributed by atoms with Crippen LogP contribution in [0.15, 0.2) is 23.6 Å². The van der Waals surface area contributed by atoms with Gasteiger partial charge in [0.05, 0.1) is 24.5 Å². The molecule has 1 atom stereocenters. The zero-order valence-electron chi connectivity index (χ0n) is 12.0. The standard InChI is InChI=1S/C14H22ClN3O2/c1-4-7-18-14(20)13(15)11(8-17-18)16-9-12(19)10(5-2)6-3/h4,8,10,12,16,19H,1,5-7,9H2,2-3H3. The maximum Gasteiger partial charge on any atom is 0.287 e. The zero-order valence-corrected chi connectivity index (χ0v) is 12.7. The Morgan fingerprint density at radius 1 is 1.55 bits per heavy atom. The Bertz CT molecular complexity index is 498. The van der Waals surface area contributed by atoms with Gasteiger partial charge in [-0.3, -0.25) is 4.79 Å². The van der Waals surface area contributed by atoms with Gasteiger partial charge in [0.1, 0.15) is 5.02 Å². The van der Waals surface area contributed by atoms with Gasteiger partial charge in [-0.25, -0.2) is 4.68 Å². The van der Waals surface area contributed by atoms with Crippen molar-refractivity contribution in [3.05, 3.63) is 34.2 Å². The average Bonchev–Trinajstić information content (AvgIpc) is 2.44. The minimum atomic E-state index is -0.475. The molecule has 0 fully saturated rings. The van der Waals surface area contributed by atoms with Gasteiger partial charge in [-0.05, 0) is 5.92 Å². The number of aromatic nitrogens is 2. The van der Waals surface area contributed by atoms with Crippen LogP contribution in [-0.2, 0) is 6.54 Å². The maximum absolute atomic E-state index is 11.9. The Labute approximate surface area is 124 Å². The van der Waals surface area contributed by atoms with E-state index in [9.17, 15) is 9.90 Å². The van der Waals surface area contributed by atoms with E-state index < -0.39 is 6.10 Å². The smallest absolute Gasteiger partial charge is 0.287 e. The quantitative estimate of drug-likeness (QED) is 0.723. The molecule has 6 heteroatoms. The highest BCUT2D eigenvalue weighted by Crippen LogP contribution is 2.18. The van der Waals surface area contributed by atoms with Crippen molar-refractivity contribution in [1.82, 2.24) is 9.78 Å². The van der Waals surface area contributed by atoms with Crippen LogP contribution < -0.4 is 10.9 Å². The summed E-state index contributed by atoms with van der Waals surface area (Å²) in [6, 6.07) is 0. The van der Waals surface area contributed by atoms with E-state index in [0.717, 1.165) is 12.8 Å². The highest BCUT2D eigenvalue weighted by atomic mass is 35.5. The van der Waals surface area contributed by atoms with Crippen molar-refractivity contribution in [3.8, 4) is 0 Å². The molecule has 0 radical (unpaired) electrons. The van der Waals surface area contributed by atoms with Crippen LogP contribution in [0.2, 0.25) is 5.02 Å². The van der Waals surface area contributed by atoms with Crippen LogP contribution in [0.5, 0.6) is 0 Å². The van der Waals surface area contributed by atoms with Crippen molar-refractivity contribution in [2.45, 2.75) is 39.3 Å². The van der Waals surface area contributed by atoms with E-state index in [1.54, 1.807) is 6.08 Å². The van der Waals surface area contributed by atoms with Crippen LogP contribution in [-0.4, -0.2) is 27.5 Å². The van der Waals surface area contributed by atoms with E-state index in [-0.39, 0.29) is 16.5 Å². The van der Waals surface area contributed by atoms with Crippen molar-refractivity contribution >= 4 is 17.3 Å². The molecule has 5 nitrogen and oxygen atoms in total. The number of hydrogen-bond donors (Lipinski definition) is 2. The number of anilines is 1. The molecule has 1 unspecified atom stereocenters. The van der Waals surface area contributed by atoms with Crippen molar-refractivity contribution in [2.75, 3.05) is 11.9 Å². The molecular formula is C14H22ClN3O2. The normalized spacial score (nSPS) is 12.4. The van der Waals surface area contributed by atoms with Gasteiger partial charge in [0.15, 0.2) is 0 Å². The summed E-state index contributed by atoms with van der Waals surface area (Å²) in [6.07, 6.45) is 4.41. The number of hydrogen-bond acceptors (Lipinski definition) is 4. The van der Waals surface area contributed by atoms with Gasteiger partial charge in [-0.15, -0.1) is 6.58 Å². The molecule has 0 saturated heterocycles. The largest absolute Gasteiger partial charge is 0.391 e. The fraction of sp³-hybridized carbons (Fsp3) is 0.571. The molecule has 1 aromatic heterocycles. The van der Waals surface area contributed by atoms with E-state index in [4.69, 9.17) is 11.6 Å². The van der Waals surface area contributed by atoms with Gasteiger partial charge in [0, 0.05) is 6.54 Å². The van der Waals surface area contributed by atoms with E-state index in [0.29, 0.717) is 18.8 Å². The topological polar surface area (TPSA) is 67.2 Å². The molecule has 0 aliphatic heterocycles. The number of nitrogens with zero attached hydrogens (tertiary/aromatic N) is 2. The number of aliphatic hydroxyl groups is 1. The van der Waals surface area contributed by atoms with Crippen LogP contribution in [0.3, 0.4) is 0 Å². The molecule has 2 N–H and O–H groups in total. The Balaban J connectivity index is 2.77. The predicted molar refractivity (Wildman–Crippen MR) is 82.3 cm³/mol. The minimum absolute atomic E-state index is 0.0820. The summed E-state index contributed by atoms with van der Waals surface area (Å²) in [6.45, 7) is 8.30. The lowest BCUT2D eigenvalue weighted by atomic mass is 9.96. The molecule has 0 aliphatic carbocycles. The lowest BCUT2D eigenvalue weighted by Gasteiger charge is -2.21. The van der Waals surface area contributed by atoms with Crippen molar-refractivity contribution in [1.29, 1.82) is 0 Å². The molecule has 0 aliphatic rings. The lowest BCUT2D eigenvalue weighted by molar-refractivity contribution is 0.114.